The van der Waals surface area contributed by atoms with Crippen LogP contribution in [0.1, 0.15) is 69.0 Å². The summed E-state index contributed by atoms with van der Waals surface area (Å²) in [6, 6.07) is 0.605. The summed E-state index contributed by atoms with van der Waals surface area (Å²) in [5, 5.41) is 3.70. The number of aryl methyl sites for hydroxylation is 1. The Kier molecular flexibility index (Phi) is 3.83. The third-order valence-electron chi connectivity index (χ3n) is 6.34. The molecule has 4 unspecified atom stereocenters. The Hall–Kier alpha value is -0.760. The monoisotopic (exact) mass is 286 g/mol. The highest BCUT2D eigenvalue weighted by Gasteiger charge is 2.39. The maximum Gasteiger partial charge on any atom is 0.0337 e. The normalized spacial score (nSPS) is 34.9. The van der Waals surface area contributed by atoms with Crippen molar-refractivity contribution >= 4 is 0 Å². The molecule has 4 rings (SSSR count). The minimum absolute atomic E-state index is 0.605. The van der Waals surface area contributed by atoms with Crippen molar-refractivity contribution in [1.29, 1.82) is 0 Å². The maximum atomic E-state index is 3.70. The van der Waals surface area contributed by atoms with Gasteiger partial charge in [0.05, 0.1) is 0 Å². The second-order valence-corrected chi connectivity index (χ2v) is 7.73. The largest absolute Gasteiger partial charge is 0.353 e. The summed E-state index contributed by atoms with van der Waals surface area (Å²) in [5.74, 6) is 3.09. The Balaban J connectivity index is 1.50. The lowest BCUT2D eigenvalue weighted by atomic mass is 9.89. The van der Waals surface area contributed by atoms with Gasteiger partial charge in [-0.1, -0.05) is 19.8 Å². The molecular weight excluding hydrogens is 256 g/mol. The average molecular weight is 286 g/mol. The molecule has 0 amide bonds. The Morgan fingerprint density at radius 2 is 2.10 bits per heavy atom. The molecular formula is C19H30N2. The zero-order chi connectivity index (χ0) is 14.2. The zero-order valence-corrected chi connectivity index (χ0v) is 13.5. The van der Waals surface area contributed by atoms with E-state index < -0.39 is 0 Å². The Morgan fingerprint density at radius 1 is 1.14 bits per heavy atom. The van der Waals surface area contributed by atoms with E-state index in [4.69, 9.17) is 0 Å². The van der Waals surface area contributed by atoms with Gasteiger partial charge in [-0.15, -0.1) is 0 Å². The van der Waals surface area contributed by atoms with Gasteiger partial charge in [0.2, 0.25) is 0 Å². The van der Waals surface area contributed by atoms with Gasteiger partial charge in [0.15, 0.2) is 0 Å². The fourth-order valence-electron chi connectivity index (χ4n) is 5.35. The van der Waals surface area contributed by atoms with E-state index in [1.54, 1.807) is 11.1 Å². The topological polar surface area (TPSA) is 17.0 Å². The molecule has 2 bridgehead atoms. The number of hydrogen-bond donors (Lipinski definition) is 1. The number of rotatable bonds is 4. The highest BCUT2D eigenvalue weighted by molar-refractivity contribution is 5.29. The van der Waals surface area contributed by atoms with Crippen LogP contribution in [0.25, 0.3) is 0 Å². The van der Waals surface area contributed by atoms with E-state index in [9.17, 15) is 0 Å². The molecule has 2 fully saturated rings. The molecule has 1 aromatic rings. The average Bonchev–Trinajstić information content (AvgIpc) is 3.16. The molecule has 0 spiro atoms. The van der Waals surface area contributed by atoms with Crippen LogP contribution < -0.4 is 5.32 Å². The first-order valence-electron chi connectivity index (χ1n) is 9.25. The number of nitrogens with one attached hydrogen (secondary N) is 1. The molecule has 0 aliphatic heterocycles. The number of hydrogen-bond acceptors (Lipinski definition) is 1. The van der Waals surface area contributed by atoms with E-state index in [2.05, 4.69) is 29.2 Å². The highest BCUT2D eigenvalue weighted by Crippen LogP contribution is 2.49. The lowest BCUT2D eigenvalue weighted by molar-refractivity contribution is 0.295. The third kappa shape index (κ3) is 2.67. The van der Waals surface area contributed by atoms with Crippen LogP contribution in [-0.2, 0) is 13.0 Å². The van der Waals surface area contributed by atoms with Crippen LogP contribution in [0.4, 0.5) is 0 Å². The number of fused-ring (bicyclic) bond motifs is 3. The molecule has 0 aromatic carbocycles. The quantitative estimate of drug-likeness (QED) is 0.817. The molecule has 1 N–H and O–H groups in total. The van der Waals surface area contributed by atoms with Gasteiger partial charge in [0.25, 0.3) is 0 Å². The molecule has 3 aliphatic carbocycles. The van der Waals surface area contributed by atoms with E-state index in [-0.39, 0.29) is 0 Å². The molecule has 4 atom stereocenters. The van der Waals surface area contributed by atoms with Gasteiger partial charge in [-0.2, -0.15) is 0 Å². The Morgan fingerprint density at radius 3 is 2.86 bits per heavy atom. The lowest BCUT2D eigenvalue weighted by Gasteiger charge is -2.22. The van der Waals surface area contributed by atoms with Crippen molar-refractivity contribution < 1.29 is 0 Å². The summed E-state index contributed by atoms with van der Waals surface area (Å²) in [6.45, 7) is 4.60. The number of nitrogens with zero attached hydrogens (tertiary/aromatic N) is 1. The fourth-order valence-corrected chi connectivity index (χ4v) is 5.35. The van der Waals surface area contributed by atoms with E-state index in [1.807, 2.05) is 0 Å². The zero-order valence-electron chi connectivity index (χ0n) is 13.5. The van der Waals surface area contributed by atoms with E-state index in [0.717, 1.165) is 24.3 Å². The van der Waals surface area contributed by atoms with Crippen LogP contribution in [0, 0.1) is 17.8 Å². The van der Waals surface area contributed by atoms with Crippen molar-refractivity contribution in [3.8, 4) is 0 Å². The molecule has 2 nitrogen and oxygen atoms in total. The van der Waals surface area contributed by atoms with Crippen LogP contribution in [0.5, 0.6) is 0 Å². The van der Waals surface area contributed by atoms with Crippen molar-refractivity contribution in [3.63, 3.8) is 0 Å². The van der Waals surface area contributed by atoms with Crippen molar-refractivity contribution in [1.82, 2.24) is 9.88 Å². The van der Waals surface area contributed by atoms with Crippen molar-refractivity contribution in [3.05, 3.63) is 23.5 Å². The minimum Gasteiger partial charge on any atom is -0.353 e. The molecule has 1 aromatic heterocycles. The van der Waals surface area contributed by atoms with Gasteiger partial charge >= 0.3 is 0 Å². The summed E-state index contributed by atoms with van der Waals surface area (Å²) in [6.07, 6.45) is 16.4. The fraction of sp³-hybridized carbons (Fsp3) is 0.789. The summed E-state index contributed by atoms with van der Waals surface area (Å²) >= 11 is 0. The lowest BCUT2D eigenvalue weighted by Crippen LogP contribution is -2.20. The predicted octanol–water partition coefficient (Wildman–Crippen LogP) is 4.30. The second-order valence-electron chi connectivity index (χ2n) is 7.73. The molecule has 116 valence electrons. The van der Waals surface area contributed by atoms with Gasteiger partial charge in [0.1, 0.15) is 0 Å². The van der Waals surface area contributed by atoms with Gasteiger partial charge < -0.3 is 9.88 Å². The summed E-state index contributed by atoms with van der Waals surface area (Å²) in [4.78, 5) is 0. The Labute approximate surface area is 129 Å². The van der Waals surface area contributed by atoms with Crippen molar-refractivity contribution in [2.75, 3.05) is 6.54 Å². The van der Waals surface area contributed by atoms with E-state index in [0.29, 0.717) is 6.04 Å². The van der Waals surface area contributed by atoms with Gasteiger partial charge in [-0.25, -0.2) is 0 Å². The Bertz CT molecular complexity index is 490. The minimum atomic E-state index is 0.605. The van der Waals surface area contributed by atoms with E-state index >= 15 is 0 Å². The van der Waals surface area contributed by atoms with Crippen molar-refractivity contribution in [2.24, 2.45) is 17.8 Å². The summed E-state index contributed by atoms with van der Waals surface area (Å²) in [7, 11) is 0. The first kappa shape index (κ1) is 13.9. The molecule has 3 aliphatic rings. The maximum absolute atomic E-state index is 3.70. The van der Waals surface area contributed by atoms with Crippen LogP contribution in [-0.4, -0.2) is 11.1 Å². The molecule has 0 radical (unpaired) electrons. The van der Waals surface area contributed by atoms with Crippen molar-refractivity contribution in [2.45, 2.75) is 70.9 Å². The smallest absolute Gasteiger partial charge is 0.0337 e. The van der Waals surface area contributed by atoms with Gasteiger partial charge in [-0.3, -0.25) is 0 Å². The molecule has 1 heterocycles. The molecule has 21 heavy (non-hydrogen) atoms. The van der Waals surface area contributed by atoms with Crippen LogP contribution in [0.3, 0.4) is 0 Å². The number of aromatic nitrogens is 1. The molecule has 2 saturated carbocycles. The van der Waals surface area contributed by atoms with Crippen LogP contribution in [0.2, 0.25) is 0 Å². The SMILES string of the molecule is CCNC1CCCCc2cn(CC3CC4CCC3C4)cc21. The van der Waals surface area contributed by atoms with Gasteiger partial charge in [-0.05, 0) is 74.0 Å². The predicted molar refractivity (Wildman–Crippen MR) is 87.3 cm³/mol. The summed E-state index contributed by atoms with van der Waals surface area (Å²) < 4.78 is 2.55. The van der Waals surface area contributed by atoms with Crippen LogP contribution >= 0.6 is 0 Å². The van der Waals surface area contributed by atoms with Crippen LogP contribution in [0.15, 0.2) is 12.4 Å². The summed E-state index contributed by atoms with van der Waals surface area (Å²) in [5.41, 5.74) is 3.24. The highest BCUT2D eigenvalue weighted by atomic mass is 15.0. The van der Waals surface area contributed by atoms with Gasteiger partial charge in [0, 0.05) is 25.0 Å². The third-order valence-corrected chi connectivity index (χ3v) is 6.34. The van der Waals surface area contributed by atoms with E-state index in [1.165, 1.54) is 57.9 Å². The standard InChI is InChI=1S/C19H30N2/c1-2-20-19-6-4-3-5-16-11-21(13-18(16)19)12-17-10-14-7-8-15(17)9-14/h11,13-15,17,19-20H,2-10,12H2,1H3. The first-order chi connectivity index (χ1) is 10.3. The first-order valence-corrected chi connectivity index (χ1v) is 9.25. The molecule has 2 heteroatoms. The second kappa shape index (κ2) is 5.79. The molecule has 0 saturated heterocycles.